The summed E-state index contributed by atoms with van der Waals surface area (Å²) in [5.41, 5.74) is 2.17. The Labute approximate surface area is 127 Å². The summed E-state index contributed by atoms with van der Waals surface area (Å²) in [5.74, 6) is 0.736. The number of hydrogen-bond acceptors (Lipinski definition) is 5. The summed E-state index contributed by atoms with van der Waals surface area (Å²) >= 11 is 1.61. The molecule has 1 N–H and O–H groups in total. The molecule has 0 aliphatic heterocycles. The van der Waals surface area contributed by atoms with E-state index >= 15 is 0 Å². The fraction of sp³-hybridized carbons (Fsp3) is 0.267. The molecular formula is C15H17N3O2S. The van der Waals surface area contributed by atoms with Crippen molar-refractivity contribution in [3.8, 4) is 0 Å². The highest BCUT2D eigenvalue weighted by Gasteiger charge is 2.05. The van der Waals surface area contributed by atoms with Crippen LogP contribution in [0.3, 0.4) is 0 Å². The van der Waals surface area contributed by atoms with Crippen LogP contribution < -0.4 is 5.32 Å². The fourth-order valence-corrected chi connectivity index (χ4v) is 2.56. The van der Waals surface area contributed by atoms with Crippen molar-refractivity contribution in [3.63, 3.8) is 0 Å². The van der Waals surface area contributed by atoms with E-state index in [-0.39, 0.29) is 5.69 Å². The number of benzene rings is 1. The average Bonchev–Trinajstić information content (AvgIpc) is 2.52. The second-order valence-corrected chi connectivity index (χ2v) is 5.55. The first kappa shape index (κ1) is 15.3. The molecule has 0 bridgehead atoms. The van der Waals surface area contributed by atoms with Gasteiger partial charge in [-0.15, -0.1) is 11.8 Å². The zero-order chi connectivity index (χ0) is 15.1. The Kier molecular flexibility index (Phi) is 5.57. The lowest BCUT2D eigenvalue weighted by Gasteiger charge is -2.06. The van der Waals surface area contributed by atoms with Crippen molar-refractivity contribution < 1.29 is 4.92 Å². The molecule has 0 unspecified atom stereocenters. The SMILES string of the molecule is CCCNc1ccnc(CSc2ccc([N+](=O)[O-])cc2)c1. The fourth-order valence-electron chi connectivity index (χ4n) is 1.76. The van der Waals surface area contributed by atoms with Crippen LogP contribution in [0.1, 0.15) is 19.0 Å². The molecule has 0 aliphatic carbocycles. The molecular weight excluding hydrogens is 286 g/mol. The van der Waals surface area contributed by atoms with Crippen molar-refractivity contribution >= 4 is 23.1 Å². The minimum absolute atomic E-state index is 0.114. The van der Waals surface area contributed by atoms with Gasteiger partial charge in [-0.05, 0) is 30.7 Å². The van der Waals surface area contributed by atoms with Gasteiger partial charge in [0.2, 0.25) is 0 Å². The van der Waals surface area contributed by atoms with Gasteiger partial charge in [0.25, 0.3) is 5.69 Å². The standard InChI is InChI=1S/C15H17N3O2S/c1-2-8-16-12-7-9-17-13(10-12)11-21-15-5-3-14(4-6-15)18(19)20/h3-7,9-10H,2,8,11H2,1H3,(H,16,17). The van der Waals surface area contributed by atoms with Gasteiger partial charge in [0, 0.05) is 41.2 Å². The Hall–Kier alpha value is -2.08. The summed E-state index contributed by atoms with van der Waals surface area (Å²) in [5, 5.41) is 13.9. The smallest absolute Gasteiger partial charge is 0.269 e. The number of nitro groups is 1. The highest BCUT2D eigenvalue weighted by molar-refractivity contribution is 7.98. The zero-order valence-electron chi connectivity index (χ0n) is 11.8. The third-order valence-corrected chi connectivity index (χ3v) is 3.88. The number of hydrogen-bond donors (Lipinski definition) is 1. The minimum Gasteiger partial charge on any atom is -0.385 e. The summed E-state index contributed by atoms with van der Waals surface area (Å²) in [7, 11) is 0. The van der Waals surface area contributed by atoms with Gasteiger partial charge in [0.15, 0.2) is 0 Å². The van der Waals surface area contributed by atoms with E-state index in [1.165, 1.54) is 12.1 Å². The van der Waals surface area contributed by atoms with Crippen LogP contribution in [0, 0.1) is 10.1 Å². The number of thioether (sulfide) groups is 1. The number of nitro benzene ring substituents is 1. The summed E-state index contributed by atoms with van der Waals surface area (Å²) in [6.07, 6.45) is 2.87. The van der Waals surface area contributed by atoms with Crippen molar-refractivity contribution in [2.45, 2.75) is 24.0 Å². The van der Waals surface area contributed by atoms with E-state index in [9.17, 15) is 10.1 Å². The highest BCUT2D eigenvalue weighted by atomic mass is 32.2. The van der Waals surface area contributed by atoms with Crippen LogP contribution in [-0.2, 0) is 5.75 Å². The third-order valence-electron chi connectivity index (χ3n) is 2.83. The lowest BCUT2D eigenvalue weighted by Crippen LogP contribution is -2.00. The molecule has 0 saturated carbocycles. The van der Waals surface area contributed by atoms with Gasteiger partial charge in [0.1, 0.15) is 0 Å². The average molecular weight is 303 g/mol. The number of nitrogens with zero attached hydrogens (tertiary/aromatic N) is 2. The first-order valence-electron chi connectivity index (χ1n) is 6.75. The van der Waals surface area contributed by atoms with Crippen molar-refractivity contribution in [1.29, 1.82) is 0 Å². The number of rotatable bonds is 7. The molecule has 1 aromatic heterocycles. The molecule has 0 amide bonds. The first-order chi connectivity index (χ1) is 10.2. The second kappa shape index (κ2) is 7.64. The number of non-ortho nitro benzene ring substituents is 1. The molecule has 0 atom stereocenters. The Morgan fingerprint density at radius 1 is 1.29 bits per heavy atom. The summed E-state index contributed by atoms with van der Waals surface area (Å²) in [6.45, 7) is 3.07. The third kappa shape index (κ3) is 4.75. The number of aromatic nitrogens is 1. The van der Waals surface area contributed by atoms with E-state index < -0.39 is 4.92 Å². The minimum atomic E-state index is -0.390. The van der Waals surface area contributed by atoms with Gasteiger partial charge in [-0.3, -0.25) is 15.1 Å². The Morgan fingerprint density at radius 2 is 2.05 bits per heavy atom. The van der Waals surface area contributed by atoms with Crippen LogP contribution in [0.2, 0.25) is 0 Å². The lowest BCUT2D eigenvalue weighted by atomic mass is 10.3. The molecule has 1 heterocycles. The maximum atomic E-state index is 10.6. The van der Waals surface area contributed by atoms with Crippen molar-refractivity contribution in [3.05, 3.63) is 58.4 Å². The topological polar surface area (TPSA) is 68.1 Å². The highest BCUT2D eigenvalue weighted by Crippen LogP contribution is 2.24. The van der Waals surface area contributed by atoms with Gasteiger partial charge >= 0.3 is 0 Å². The van der Waals surface area contributed by atoms with Crippen LogP contribution in [0.4, 0.5) is 11.4 Å². The van der Waals surface area contributed by atoms with E-state index in [0.717, 1.165) is 35.0 Å². The van der Waals surface area contributed by atoms with E-state index in [4.69, 9.17) is 0 Å². The van der Waals surface area contributed by atoms with Crippen molar-refractivity contribution in [2.24, 2.45) is 0 Å². The first-order valence-corrected chi connectivity index (χ1v) is 7.73. The van der Waals surface area contributed by atoms with Crippen molar-refractivity contribution in [2.75, 3.05) is 11.9 Å². The summed E-state index contributed by atoms with van der Waals surface area (Å²) in [4.78, 5) is 15.5. The Morgan fingerprint density at radius 3 is 2.71 bits per heavy atom. The molecule has 0 saturated heterocycles. The van der Waals surface area contributed by atoms with Gasteiger partial charge in [0.05, 0.1) is 10.6 Å². The molecule has 0 fully saturated rings. The molecule has 0 spiro atoms. The largest absolute Gasteiger partial charge is 0.385 e. The Bertz CT molecular complexity index is 602. The molecule has 0 aliphatic rings. The molecule has 1 aromatic carbocycles. The second-order valence-electron chi connectivity index (χ2n) is 4.50. The maximum absolute atomic E-state index is 10.6. The molecule has 21 heavy (non-hydrogen) atoms. The van der Waals surface area contributed by atoms with E-state index in [1.54, 1.807) is 30.1 Å². The van der Waals surface area contributed by atoms with Crippen LogP contribution in [-0.4, -0.2) is 16.5 Å². The molecule has 2 aromatic rings. The normalized spacial score (nSPS) is 10.3. The quantitative estimate of drug-likeness (QED) is 0.474. The number of nitrogens with one attached hydrogen (secondary N) is 1. The molecule has 0 radical (unpaired) electrons. The predicted octanol–water partition coefficient (Wildman–Crippen LogP) is 4.10. The van der Waals surface area contributed by atoms with Gasteiger partial charge < -0.3 is 5.32 Å². The molecule has 2 rings (SSSR count). The van der Waals surface area contributed by atoms with Crippen LogP contribution in [0.5, 0.6) is 0 Å². The monoisotopic (exact) mass is 303 g/mol. The van der Waals surface area contributed by atoms with E-state index in [1.807, 2.05) is 12.1 Å². The summed E-state index contributed by atoms with van der Waals surface area (Å²) < 4.78 is 0. The Balaban J connectivity index is 1.94. The van der Waals surface area contributed by atoms with Gasteiger partial charge in [-0.1, -0.05) is 6.92 Å². The molecule has 6 heteroatoms. The van der Waals surface area contributed by atoms with E-state index in [0.29, 0.717) is 0 Å². The predicted molar refractivity (Wildman–Crippen MR) is 85.7 cm³/mol. The maximum Gasteiger partial charge on any atom is 0.269 e. The number of pyridine rings is 1. The molecule has 5 nitrogen and oxygen atoms in total. The zero-order valence-corrected chi connectivity index (χ0v) is 12.6. The van der Waals surface area contributed by atoms with E-state index in [2.05, 4.69) is 17.2 Å². The number of anilines is 1. The van der Waals surface area contributed by atoms with Crippen molar-refractivity contribution in [1.82, 2.24) is 4.98 Å². The molecule has 110 valence electrons. The van der Waals surface area contributed by atoms with Crippen LogP contribution in [0.25, 0.3) is 0 Å². The van der Waals surface area contributed by atoms with Crippen LogP contribution >= 0.6 is 11.8 Å². The summed E-state index contributed by atoms with van der Waals surface area (Å²) in [6, 6.07) is 10.6. The lowest BCUT2D eigenvalue weighted by molar-refractivity contribution is -0.384. The van der Waals surface area contributed by atoms with Crippen LogP contribution in [0.15, 0.2) is 47.5 Å². The van der Waals surface area contributed by atoms with Gasteiger partial charge in [-0.2, -0.15) is 0 Å². The van der Waals surface area contributed by atoms with Gasteiger partial charge in [-0.25, -0.2) is 0 Å².